The number of carbonyl (C=O) groups excluding carboxylic acids is 3. The van der Waals surface area contributed by atoms with Gasteiger partial charge < -0.3 is 15.5 Å². The van der Waals surface area contributed by atoms with E-state index in [0.717, 1.165) is 11.1 Å². The minimum atomic E-state index is -0.183. The van der Waals surface area contributed by atoms with Gasteiger partial charge in [-0.3, -0.25) is 14.4 Å². The second-order valence-corrected chi connectivity index (χ2v) is 6.36. The molecule has 2 rings (SSSR count). The molecule has 0 aromatic heterocycles. The summed E-state index contributed by atoms with van der Waals surface area (Å²) in [5.41, 5.74) is 3.44. The molecule has 142 valence electrons. The predicted octanol–water partition coefficient (Wildman–Crippen LogP) is 3.01. The lowest BCUT2D eigenvalue weighted by molar-refractivity contribution is -0.121. The highest BCUT2D eigenvalue weighted by Gasteiger charge is 2.14. The number of amides is 3. The number of hydrogen-bond donors (Lipinski definition) is 2. The normalized spacial score (nSPS) is 10.2. The van der Waals surface area contributed by atoms with Crippen molar-refractivity contribution in [1.82, 2.24) is 5.32 Å². The minimum Gasteiger partial charge on any atom is -0.352 e. The predicted molar refractivity (Wildman–Crippen MR) is 106 cm³/mol. The summed E-state index contributed by atoms with van der Waals surface area (Å²) in [7, 11) is 0. The van der Waals surface area contributed by atoms with E-state index in [1.54, 1.807) is 24.3 Å². The maximum absolute atomic E-state index is 12.2. The van der Waals surface area contributed by atoms with E-state index in [-0.39, 0.29) is 30.7 Å². The maximum Gasteiger partial charge on any atom is 0.223 e. The molecule has 6 nitrogen and oxygen atoms in total. The molecule has 3 amide bonds. The van der Waals surface area contributed by atoms with Crippen LogP contribution in [-0.4, -0.2) is 24.3 Å². The largest absolute Gasteiger partial charge is 0.352 e. The molecule has 27 heavy (non-hydrogen) atoms. The molecule has 6 heteroatoms. The molecule has 0 aliphatic rings. The number of nitrogens with zero attached hydrogens (tertiary/aromatic N) is 1. The number of benzene rings is 2. The first-order chi connectivity index (χ1) is 12.9. The van der Waals surface area contributed by atoms with Crippen LogP contribution >= 0.6 is 0 Å². The second-order valence-electron chi connectivity index (χ2n) is 6.36. The van der Waals surface area contributed by atoms with Gasteiger partial charge in [0.2, 0.25) is 17.7 Å². The van der Waals surface area contributed by atoms with Gasteiger partial charge in [-0.05, 0) is 36.2 Å². The summed E-state index contributed by atoms with van der Waals surface area (Å²) in [6.45, 7) is 5.60. The molecule has 0 saturated carbocycles. The Morgan fingerprint density at radius 2 is 1.74 bits per heavy atom. The van der Waals surface area contributed by atoms with Gasteiger partial charge in [0.25, 0.3) is 0 Å². The van der Waals surface area contributed by atoms with Gasteiger partial charge in [0, 0.05) is 44.7 Å². The fraction of sp³-hybridized carbons (Fsp3) is 0.286. The summed E-state index contributed by atoms with van der Waals surface area (Å²) in [5, 5.41) is 5.58. The molecule has 0 bridgehead atoms. The van der Waals surface area contributed by atoms with E-state index < -0.39 is 0 Å². The summed E-state index contributed by atoms with van der Waals surface area (Å²) >= 11 is 0. The lowest BCUT2D eigenvalue weighted by Crippen LogP contribution is -2.33. The van der Waals surface area contributed by atoms with Crippen LogP contribution in [0.4, 0.5) is 11.4 Å². The van der Waals surface area contributed by atoms with Gasteiger partial charge in [-0.25, -0.2) is 0 Å². The smallest absolute Gasteiger partial charge is 0.223 e. The summed E-state index contributed by atoms with van der Waals surface area (Å²) < 4.78 is 0. The molecule has 0 heterocycles. The first-order valence-electron chi connectivity index (χ1n) is 8.84. The zero-order valence-corrected chi connectivity index (χ0v) is 15.9. The molecule has 2 N–H and O–H groups in total. The van der Waals surface area contributed by atoms with Crippen LogP contribution in [0.25, 0.3) is 0 Å². The highest BCUT2D eigenvalue weighted by atomic mass is 16.2. The Hall–Kier alpha value is -3.15. The minimum absolute atomic E-state index is 0.123. The van der Waals surface area contributed by atoms with E-state index in [2.05, 4.69) is 10.6 Å². The molecule has 0 atom stereocenters. The first kappa shape index (κ1) is 20.2. The summed E-state index contributed by atoms with van der Waals surface area (Å²) in [6, 6.07) is 14.9. The molecule has 2 aromatic carbocycles. The second kappa shape index (κ2) is 9.52. The quantitative estimate of drug-likeness (QED) is 0.790. The number of aryl methyl sites for hydroxylation is 1. The van der Waals surface area contributed by atoms with E-state index >= 15 is 0 Å². The monoisotopic (exact) mass is 367 g/mol. The lowest BCUT2D eigenvalue weighted by atomic mass is 10.1. The summed E-state index contributed by atoms with van der Waals surface area (Å²) in [4.78, 5) is 37.0. The maximum atomic E-state index is 12.2. The van der Waals surface area contributed by atoms with Crippen LogP contribution in [0.3, 0.4) is 0 Å². The third-order valence-corrected chi connectivity index (χ3v) is 4.16. The van der Waals surface area contributed by atoms with E-state index in [0.29, 0.717) is 17.9 Å². The highest BCUT2D eigenvalue weighted by molar-refractivity contribution is 5.94. The standard InChI is InChI=1S/C21H25N3O3/c1-15-7-4-5-8-18(15)14-22-21(27)11-12-24(17(3)26)20-10-6-9-19(13-20)23-16(2)25/h4-10,13H,11-12,14H2,1-3H3,(H,22,27)(H,23,25). The van der Waals surface area contributed by atoms with Crippen molar-refractivity contribution in [2.75, 3.05) is 16.8 Å². The van der Waals surface area contributed by atoms with Crippen LogP contribution in [-0.2, 0) is 20.9 Å². The van der Waals surface area contributed by atoms with Gasteiger partial charge in [-0.2, -0.15) is 0 Å². The highest BCUT2D eigenvalue weighted by Crippen LogP contribution is 2.20. The third-order valence-electron chi connectivity index (χ3n) is 4.16. The Bertz CT molecular complexity index is 833. The molecule has 0 aliphatic carbocycles. The van der Waals surface area contributed by atoms with Gasteiger partial charge in [-0.1, -0.05) is 30.3 Å². The van der Waals surface area contributed by atoms with Crippen molar-refractivity contribution in [3.05, 3.63) is 59.7 Å². The Morgan fingerprint density at radius 3 is 2.41 bits per heavy atom. The fourth-order valence-corrected chi connectivity index (χ4v) is 2.73. The first-order valence-corrected chi connectivity index (χ1v) is 8.84. The van der Waals surface area contributed by atoms with Gasteiger partial charge >= 0.3 is 0 Å². The number of hydrogen-bond acceptors (Lipinski definition) is 3. The molecule has 0 aliphatic heterocycles. The van der Waals surface area contributed by atoms with Crippen LogP contribution in [0.2, 0.25) is 0 Å². The van der Waals surface area contributed by atoms with Gasteiger partial charge in [0.15, 0.2) is 0 Å². The van der Waals surface area contributed by atoms with Crippen LogP contribution < -0.4 is 15.5 Å². The van der Waals surface area contributed by atoms with Crippen molar-refractivity contribution >= 4 is 29.1 Å². The third kappa shape index (κ3) is 6.26. The van der Waals surface area contributed by atoms with Crippen molar-refractivity contribution in [3.8, 4) is 0 Å². The number of anilines is 2. The zero-order chi connectivity index (χ0) is 19.8. The Labute approximate surface area is 159 Å². The number of rotatable bonds is 7. The molecule has 2 aromatic rings. The van der Waals surface area contributed by atoms with E-state index in [9.17, 15) is 14.4 Å². The summed E-state index contributed by atoms with van der Waals surface area (Å²) in [6.07, 6.45) is 0.190. The average molecular weight is 367 g/mol. The number of nitrogens with one attached hydrogen (secondary N) is 2. The van der Waals surface area contributed by atoms with Crippen LogP contribution in [0, 0.1) is 6.92 Å². The van der Waals surface area contributed by atoms with E-state index in [4.69, 9.17) is 0 Å². The van der Waals surface area contributed by atoms with E-state index in [1.165, 1.54) is 18.7 Å². The molecular formula is C21H25N3O3. The van der Waals surface area contributed by atoms with Crippen LogP contribution in [0.5, 0.6) is 0 Å². The van der Waals surface area contributed by atoms with Gasteiger partial charge in [0.05, 0.1) is 0 Å². The van der Waals surface area contributed by atoms with Crippen LogP contribution in [0.1, 0.15) is 31.4 Å². The average Bonchev–Trinajstić information content (AvgIpc) is 2.60. The molecule has 0 unspecified atom stereocenters. The van der Waals surface area contributed by atoms with Crippen molar-refractivity contribution in [2.24, 2.45) is 0 Å². The fourth-order valence-electron chi connectivity index (χ4n) is 2.73. The topological polar surface area (TPSA) is 78.5 Å². The summed E-state index contributed by atoms with van der Waals surface area (Å²) in [5.74, 6) is -0.471. The molecule has 0 spiro atoms. The molecular weight excluding hydrogens is 342 g/mol. The Balaban J connectivity index is 1.96. The Morgan fingerprint density at radius 1 is 1.00 bits per heavy atom. The molecule has 0 saturated heterocycles. The molecule has 0 fully saturated rings. The van der Waals surface area contributed by atoms with Gasteiger partial charge in [-0.15, -0.1) is 0 Å². The SMILES string of the molecule is CC(=O)Nc1cccc(N(CCC(=O)NCc2ccccc2C)C(C)=O)c1. The Kier molecular flexibility index (Phi) is 7.11. The van der Waals surface area contributed by atoms with Gasteiger partial charge in [0.1, 0.15) is 0 Å². The van der Waals surface area contributed by atoms with Crippen molar-refractivity contribution < 1.29 is 14.4 Å². The molecule has 0 radical (unpaired) electrons. The van der Waals surface area contributed by atoms with E-state index in [1.807, 2.05) is 31.2 Å². The van der Waals surface area contributed by atoms with Crippen molar-refractivity contribution in [1.29, 1.82) is 0 Å². The lowest BCUT2D eigenvalue weighted by Gasteiger charge is -2.21. The van der Waals surface area contributed by atoms with Crippen LogP contribution in [0.15, 0.2) is 48.5 Å². The van der Waals surface area contributed by atoms with Crippen molar-refractivity contribution in [2.45, 2.75) is 33.7 Å². The van der Waals surface area contributed by atoms with Crippen molar-refractivity contribution in [3.63, 3.8) is 0 Å². The number of carbonyl (C=O) groups is 3. The zero-order valence-electron chi connectivity index (χ0n) is 15.9.